The van der Waals surface area contributed by atoms with Crippen LogP contribution in [-0.2, 0) is 0 Å². The molecule has 0 heterocycles. The van der Waals surface area contributed by atoms with E-state index in [0.29, 0.717) is 10.8 Å². The summed E-state index contributed by atoms with van der Waals surface area (Å²) >= 11 is 0. The molecule has 12 unspecified atom stereocenters. The van der Waals surface area contributed by atoms with Gasteiger partial charge in [0.05, 0.1) is 0 Å². The highest BCUT2D eigenvalue weighted by Crippen LogP contribution is 2.74. The second kappa shape index (κ2) is 6.26. The van der Waals surface area contributed by atoms with Gasteiger partial charge >= 0.3 is 0 Å². The molecule has 0 heteroatoms. The summed E-state index contributed by atoms with van der Waals surface area (Å²) in [5.74, 6) is 12.0. The Morgan fingerprint density at radius 1 is 0.536 bits per heavy atom. The maximum atomic E-state index is 2.73. The maximum Gasteiger partial charge on any atom is -0.0289 e. The number of fused-ring (bicyclic) bond motifs is 7. The van der Waals surface area contributed by atoms with Gasteiger partial charge in [0.15, 0.2) is 0 Å². The van der Waals surface area contributed by atoms with Crippen LogP contribution >= 0.6 is 0 Å². The van der Waals surface area contributed by atoms with Crippen LogP contribution in [0.1, 0.15) is 93.9 Å². The summed E-state index contributed by atoms with van der Waals surface area (Å²) in [5, 5.41) is 0. The Bertz CT molecular complexity index is 560. The van der Waals surface area contributed by atoms with Crippen LogP contribution in [0, 0.1) is 81.8 Å². The third-order valence-electron chi connectivity index (χ3n) is 11.9. The van der Waals surface area contributed by atoms with Gasteiger partial charge in [0, 0.05) is 0 Å². The summed E-state index contributed by atoms with van der Waals surface area (Å²) in [6, 6.07) is 0. The lowest BCUT2D eigenvalue weighted by Crippen LogP contribution is -2.44. The van der Waals surface area contributed by atoms with Gasteiger partial charge in [0.25, 0.3) is 0 Å². The SMILES string of the molecule is CC1CC(C)C2C3CCC4C5C(C)CC(C)CC5C(C)(C)C4C3C(C)(C)C2C1. The minimum atomic E-state index is 0.557. The number of rotatable bonds is 0. The van der Waals surface area contributed by atoms with Gasteiger partial charge in [-0.3, -0.25) is 0 Å². The third-order valence-corrected chi connectivity index (χ3v) is 11.9. The zero-order valence-electron chi connectivity index (χ0n) is 20.2. The van der Waals surface area contributed by atoms with Crippen molar-refractivity contribution in [1.82, 2.24) is 0 Å². The van der Waals surface area contributed by atoms with Crippen molar-refractivity contribution in [2.45, 2.75) is 93.9 Å². The molecule has 0 aliphatic heterocycles. The molecule has 12 atom stereocenters. The van der Waals surface area contributed by atoms with Gasteiger partial charge in [-0.05, 0) is 120 Å². The molecule has 0 saturated heterocycles. The lowest BCUT2D eigenvalue weighted by molar-refractivity contribution is -0.0155. The van der Waals surface area contributed by atoms with E-state index in [1.807, 2.05) is 0 Å². The van der Waals surface area contributed by atoms with Crippen molar-refractivity contribution >= 4 is 0 Å². The highest BCUT2D eigenvalue weighted by atomic mass is 14.7. The van der Waals surface area contributed by atoms with Crippen molar-refractivity contribution in [2.24, 2.45) is 81.8 Å². The molecule has 0 N–H and O–H groups in total. The Balaban J connectivity index is 1.56. The maximum absolute atomic E-state index is 2.73. The van der Waals surface area contributed by atoms with Crippen molar-refractivity contribution in [3.63, 3.8) is 0 Å². The van der Waals surface area contributed by atoms with Crippen LogP contribution in [-0.4, -0.2) is 0 Å². The summed E-state index contributed by atoms with van der Waals surface area (Å²) in [5.41, 5.74) is 1.11. The zero-order chi connectivity index (χ0) is 20.2. The van der Waals surface area contributed by atoms with E-state index >= 15 is 0 Å². The number of hydrogen-bond donors (Lipinski definition) is 0. The van der Waals surface area contributed by atoms with Crippen LogP contribution in [0.5, 0.6) is 0 Å². The Morgan fingerprint density at radius 3 is 1.25 bits per heavy atom. The summed E-state index contributed by atoms with van der Waals surface area (Å²) in [4.78, 5) is 0. The Morgan fingerprint density at radius 2 is 0.893 bits per heavy atom. The molecule has 0 radical (unpaired) electrons. The molecule has 0 aromatic heterocycles. The zero-order valence-corrected chi connectivity index (χ0v) is 20.2. The molecule has 5 aliphatic rings. The van der Waals surface area contributed by atoms with Crippen LogP contribution in [0.4, 0.5) is 0 Å². The fourth-order valence-corrected chi connectivity index (χ4v) is 11.5. The monoisotopic (exact) mass is 384 g/mol. The van der Waals surface area contributed by atoms with Crippen LogP contribution in [0.3, 0.4) is 0 Å². The van der Waals surface area contributed by atoms with E-state index in [1.165, 1.54) is 25.7 Å². The van der Waals surface area contributed by atoms with Crippen molar-refractivity contribution in [1.29, 1.82) is 0 Å². The molecule has 28 heavy (non-hydrogen) atoms. The molecule has 5 rings (SSSR count). The Kier molecular flexibility index (Phi) is 4.46. The van der Waals surface area contributed by atoms with Crippen molar-refractivity contribution in [2.75, 3.05) is 0 Å². The van der Waals surface area contributed by atoms with Crippen molar-refractivity contribution in [3.05, 3.63) is 0 Å². The fourth-order valence-electron chi connectivity index (χ4n) is 11.5. The average molecular weight is 385 g/mol. The van der Waals surface area contributed by atoms with E-state index in [2.05, 4.69) is 55.4 Å². The molecule has 5 fully saturated rings. The topological polar surface area (TPSA) is 0 Å². The van der Waals surface area contributed by atoms with Crippen LogP contribution in [0.2, 0.25) is 0 Å². The number of hydrogen-bond acceptors (Lipinski definition) is 0. The summed E-state index contributed by atoms with van der Waals surface area (Å²) in [6.07, 6.45) is 9.17. The van der Waals surface area contributed by atoms with E-state index in [4.69, 9.17) is 0 Å². The highest BCUT2D eigenvalue weighted by Gasteiger charge is 2.69. The van der Waals surface area contributed by atoms with Crippen LogP contribution < -0.4 is 0 Å². The standard InChI is InChI=1S/C28H48/c1-15-11-17(3)23-19-9-10-20-24-18(4)12-16(2)14-22(24)28(7,8)26(20)25(19)27(5,6)21(23)13-15/h15-26H,9-14H2,1-8H3. The van der Waals surface area contributed by atoms with Gasteiger partial charge in [-0.25, -0.2) is 0 Å². The van der Waals surface area contributed by atoms with E-state index < -0.39 is 0 Å². The van der Waals surface area contributed by atoms with E-state index in [9.17, 15) is 0 Å². The van der Waals surface area contributed by atoms with E-state index in [0.717, 1.165) is 71.0 Å². The van der Waals surface area contributed by atoms with E-state index in [1.54, 1.807) is 12.8 Å². The molecule has 0 aromatic rings. The second-order valence-corrected chi connectivity index (χ2v) is 14.1. The predicted octanol–water partition coefficient (Wildman–Crippen LogP) is 7.92. The first-order valence-electron chi connectivity index (χ1n) is 13.0. The largest absolute Gasteiger partial charge is 0.0625 e. The fraction of sp³-hybridized carbons (Fsp3) is 1.00. The van der Waals surface area contributed by atoms with Gasteiger partial charge in [-0.1, -0.05) is 55.4 Å². The minimum Gasteiger partial charge on any atom is -0.0625 e. The molecular weight excluding hydrogens is 336 g/mol. The molecule has 0 amide bonds. The summed E-state index contributed by atoms with van der Waals surface area (Å²) in [6.45, 7) is 21.3. The predicted molar refractivity (Wildman–Crippen MR) is 120 cm³/mol. The quantitative estimate of drug-likeness (QED) is 0.398. The highest BCUT2D eigenvalue weighted by molar-refractivity contribution is 5.16. The molecule has 0 aromatic carbocycles. The average Bonchev–Trinajstić information content (AvgIpc) is 2.94. The lowest BCUT2D eigenvalue weighted by atomic mass is 9.55. The second-order valence-electron chi connectivity index (χ2n) is 14.1. The molecule has 0 bridgehead atoms. The lowest BCUT2D eigenvalue weighted by Gasteiger charge is -2.49. The minimum absolute atomic E-state index is 0.557. The molecule has 160 valence electrons. The third kappa shape index (κ3) is 2.48. The smallest absolute Gasteiger partial charge is 0.0289 e. The van der Waals surface area contributed by atoms with E-state index in [-0.39, 0.29) is 0 Å². The van der Waals surface area contributed by atoms with Crippen molar-refractivity contribution in [3.8, 4) is 0 Å². The molecule has 5 saturated carbocycles. The van der Waals surface area contributed by atoms with Gasteiger partial charge in [-0.15, -0.1) is 0 Å². The molecular formula is C28H48. The van der Waals surface area contributed by atoms with Crippen LogP contribution in [0.25, 0.3) is 0 Å². The van der Waals surface area contributed by atoms with Gasteiger partial charge < -0.3 is 0 Å². The van der Waals surface area contributed by atoms with Gasteiger partial charge in [0.1, 0.15) is 0 Å². The van der Waals surface area contributed by atoms with Gasteiger partial charge in [0.2, 0.25) is 0 Å². The Labute approximate surface area is 176 Å². The van der Waals surface area contributed by atoms with Crippen LogP contribution in [0.15, 0.2) is 0 Å². The summed E-state index contributed by atoms with van der Waals surface area (Å²) in [7, 11) is 0. The normalized spacial score (nSPS) is 59.1. The molecule has 5 aliphatic carbocycles. The van der Waals surface area contributed by atoms with Crippen molar-refractivity contribution < 1.29 is 0 Å². The van der Waals surface area contributed by atoms with Gasteiger partial charge in [-0.2, -0.15) is 0 Å². The first-order chi connectivity index (χ1) is 13.0. The first-order valence-corrected chi connectivity index (χ1v) is 13.0. The molecule has 0 spiro atoms. The Hall–Kier alpha value is 0. The summed E-state index contributed by atoms with van der Waals surface area (Å²) < 4.78 is 0. The first kappa shape index (κ1) is 19.9. The molecule has 0 nitrogen and oxygen atoms in total.